The number of piperidine rings is 1. The minimum atomic E-state index is -1.19. The number of benzene rings is 4. The van der Waals surface area contributed by atoms with E-state index in [1.165, 1.54) is 17.2 Å². The summed E-state index contributed by atoms with van der Waals surface area (Å²) >= 11 is 0. The summed E-state index contributed by atoms with van der Waals surface area (Å²) in [6, 6.07) is 30.9. The first-order valence-electron chi connectivity index (χ1n) is 18.4. The molecule has 4 aromatic rings. The normalized spacial score (nSPS) is 16.3. The molecule has 2 saturated heterocycles. The number of hydrogen-bond acceptors (Lipinski definition) is 6. The molecule has 2 amide bonds. The SMILES string of the molecule is CCOc1cccc(F)c1CN1CCN(C(=O)C(NC(=O)O)C2CCN(CCc3cc(OCc4ccccc4)ccc3-c3ccccc3)CC2)CC1. The van der Waals surface area contributed by atoms with Gasteiger partial charge < -0.3 is 29.7 Å². The first-order valence-corrected chi connectivity index (χ1v) is 18.4. The first-order chi connectivity index (χ1) is 25.4. The standard InChI is InChI=1S/C42H49FN4O5/c1-2-51-39-15-9-14-38(43)37(39)29-46-24-26-47(27-25-46)41(48)40(44-42(49)50)33-18-21-45(22-19-33)23-20-34-28-35(52-30-31-10-5-3-6-11-31)16-17-36(34)32-12-7-4-8-13-32/h3-17,28,33,40,44H,2,18-27,29-30H2,1H3,(H,49,50). The zero-order valence-electron chi connectivity index (χ0n) is 29.9. The third-order valence-corrected chi connectivity index (χ3v) is 10.2. The second-order valence-corrected chi connectivity index (χ2v) is 13.6. The van der Waals surface area contributed by atoms with Crippen LogP contribution in [0.1, 0.15) is 36.5 Å². The third kappa shape index (κ3) is 9.68. The number of ether oxygens (including phenoxy) is 2. The van der Waals surface area contributed by atoms with Crippen LogP contribution in [0.25, 0.3) is 11.1 Å². The van der Waals surface area contributed by atoms with Gasteiger partial charge in [-0.05, 0) is 91.7 Å². The molecule has 2 N–H and O–H groups in total. The molecular formula is C42H49FN4O5. The molecule has 2 aliphatic rings. The summed E-state index contributed by atoms with van der Waals surface area (Å²) in [6.45, 7) is 7.63. The van der Waals surface area contributed by atoms with Gasteiger partial charge in [0.05, 0.1) is 6.61 Å². The molecule has 2 fully saturated rings. The van der Waals surface area contributed by atoms with E-state index >= 15 is 0 Å². The van der Waals surface area contributed by atoms with Crippen LogP contribution in [0.15, 0.2) is 97.1 Å². The molecule has 274 valence electrons. The van der Waals surface area contributed by atoms with E-state index in [1.54, 1.807) is 17.0 Å². The molecule has 0 saturated carbocycles. The van der Waals surface area contributed by atoms with E-state index in [0.29, 0.717) is 57.3 Å². The number of carboxylic acid groups (broad SMARTS) is 1. The fraction of sp³-hybridized carbons (Fsp3) is 0.381. The van der Waals surface area contributed by atoms with E-state index < -0.39 is 12.1 Å². The maximum Gasteiger partial charge on any atom is 0.405 e. The molecule has 1 unspecified atom stereocenters. The topological polar surface area (TPSA) is 94.6 Å². The Balaban J connectivity index is 1.04. The summed E-state index contributed by atoms with van der Waals surface area (Å²) in [5.74, 6) is 0.790. The van der Waals surface area contributed by atoms with E-state index in [9.17, 15) is 19.1 Å². The van der Waals surface area contributed by atoms with E-state index in [-0.39, 0.29) is 17.6 Å². The number of nitrogens with one attached hydrogen (secondary N) is 1. The zero-order valence-corrected chi connectivity index (χ0v) is 29.9. The minimum Gasteiger partial charge on any atom is -0.493 e. The van der Waals surface area contributed by atoms with Crippen molar-refractivity contribution in [1.29, 1.82) is 0 Å². The number of halogens is 1. The van der Waals surface area contributed by atoms with Gasteiger partial charge in [0, 0.05) is 44.8 Å². The molecule has 10 heteroatoms. The number of amides is 2. The van der Waals surface area contributed by atoms with E-state index in [1.807, 2.05) is 37.3 Å². The molecule has 2 aliphatic heterocycles. The van der Waals surface area contributed by atoms with Gasteiger partial charge >= 0.3 is 6.09 Å². The maximum atomic E-state index is 14.7. The lowest BCUT2D eigenvalue weighted by Gasteiger charge is -2.40. The predicted molar refractivity (Wildman–Crippen MR) is 200 cm³/mol. The Bertz CT molecular complexity index is 1760. The molecule has 0 spiro atoms. The zero-order chi connectivity index (χ0) is 36.3. The number of rotatable bonds is 14. The largest absolute Gasteiger partial charge is 0.493 e. The van der Waals surface area contributed by atoms with Crippen LogP contribution in [0.5, 0.6) is 11.5 Å². The third-order valence-electron chi connectivity index (χ3n) is 10.2. The number of carbonyl (C=O) groups excluding carboxylic acids is 1. The molecule has 0 bridgehead atoms. The van der Waals surface area contributed by atoms with E-state index in [0.717, 1.165) is 55.8 Å². The minimum absolute atomic E-state index is 0.0976. The van der Waals surface area contributed by atoms with Crippen molar-refractivity contribution in [2.75, 3.05) is 52.4 Å². The number of piperazine rings is 1. The lowest BCUT2D eigenvalue weighted by Crippen LogP contribution is -2.58. The van der Waals surface area contributed by atoms with Crippen molar-refractivity contribution in [3.8, 4) is 22.6 Å². The van der Waals surface area contributed by atoms with Gasteiger partial charge in [-0.15, -0.1) is 0 Å². The lowest BCUT2D eigenvalue weighted by atomic mass is 9.88. The predicted octanol–water partition coefficient (Wildman–Crippen LogP) is 6.71. The van der Waals surface area contributed by atoms with Crippen LogP contribution in [-0.4, -0.2) is 90.3 Å². The van der Waals surface area contributed by atoms with Gasteiger partial charge in [0.25, 0.3) is 0 Å². The Morgan fingerprint density at radius 1 is 0.846 bits per heavy atom. The van der Waals surface area contributed by atoms with Crippen LogP contribution in [0.4, 0.5) is 9.18 Å². The highest BCUT2D eigenvalue weighted by atomic mass is 19.1. The average Bonchev–Trinajstić information content (AvgIpc) is 3.18. The van der Waals surface area contributed by atoms with Crippen molar-refractivity contribution in [2.45, 2.75) is 45.4 Å². The van der Waals surface area contributed by atoms with E-state index in [4.69, 9.17) is 9.47 Å². The summed E-state index contributed by atoms with van der Waals surface area (Å²) in [5, 5.41) is 12.3. The fourth-order valence-electron chi connectivity index (χ4n) is 7.34. The highest BCUT2D eigenvalue weighted by Crippen LogP contribution is 2.30. The number of carbonyl (C=O) groups is 2. The van der Waals surface area contributed by atoms with Crippen molar-refractivity contribution in [2.24, 2.45) is 5.92 Å². The van der Waals surface area contributed by atoms with Gasteiger partial charge in [-0.3, -0.25) is 9.69 Å². The van der Waals surface area contributed by atoms with E-state index in [2.05, 4.69) is 63.6 Å². The smallest absolute Gasteiger partial charge is 0.405 e. The number of nitrogens with zero attached hydrogens (tertiary/aromatic N) is 3. The molecule has 6 rings (SSSR count). The van der Waals surface area contributed by atoms with Crippen LogP contribution in [0, 0.1) is 11.7 Å². The quantitative estimate of drug-likeness (QED) is 0.151. The molecule has 0 radical (unpaired) electrons. The second kappa shape index (κ2) is 18.0. The molecule has 0 aliphatic carbocycles. The first kappa shape index (κ1) is 36.8. The number of likely N-dealkylation sites (tertiary alicyclic amines) is 1. The average molecular weight is 709 g/mol. The summed E-state index contributed by atoms with van der Waals surface area (Å²) in [5.41, 5.74) is 5.19. The van der Waals surface area contributed by atoms with Gasteiger partial charge in [-0.25, -0.2) is 9.18 Å². The monoisotopic (exact) mass is 708 g/mol. The summed E-state index contributed by atoms with van der Waals surface area (Å²) in [4.78, 5) is 32.0. The summed E-state index contributed by atoms with van der Waals surface area (Å²) in [7, 11) is 0. The molecule has 0 aromatic heterocycles. The number of hydrogen-bond donors (Lipinski definition) is 2. The van der Waals surface area contributed by atoms with Crippen molar-refractivity contribution in [1.82, 2.24) is 20.0 Å². The fourth-order valence-corrected chi connectivity index (χ4v) is 7.34. The molecule has 1 atom stereocenters. The Labute approximate surface area is 305 Å². The van der Waals surface area contributed by atoms with Crippen LogP contribution < -0.4 is 14.8 Å². The summed E-state index contributed by atoms with van der Waals surface area (Å²) < 4.78 is 26.5. The van der Waals surface area contributed by atoms with Gasteiger partial charge in [-0.2, -0.15) is 0 Å². The van der Waals surface area contributed by atoms with Crippen molar-refractivity contribution in [3.63, 3.8) is 0 Å². The lowest BCUT2D eigenvalue weighted by molar-refractivity contribution is -0.137. The van der Waals surface area contributed by atoms with Crippen LogP contribution in [0.3, 0.4) is 0 Å². The molecule has 52 heavy (non-hydrogen) atoms. The van der Waals surface area contributed by atoms with Crippen LogP contribution in [-0.2, 0) is 24.4 Å². The second-order valence-electron chi connectivity index (χ2n) is 13.6. The van der Waals surface area contributed by atoms with Gasteiger partial charge in [-0.1, -0.05) is 72.8 Å². The Kier molecular flexibility index (Phi) is 12.8. The van der Waals surface area contributed by atoms with Crippen molar-refractivity contribution < 1.29 is 28.6 Å². The van der Waals surface area contributed by atoms with Crippen molar-refractivity contribution in [3.05, 3.63) is 120 Å². The molecule has 4 aromatic carbocycles. The summed E-state index contributed by atoms with van der Waals surface area (Å²) in [6.07, 6.45) is 1.08. The Hall–Kier alpha value is -4.93. The molecule has 9 nitrogen and oxygen atoms in total. The highest BCUT2D eigenvalue weighted by molar-refractivity contribution is 5.85. The highest BCUT2D eigenvalue weighted by Gasteiger charge is 2.36. The van der Waals surface area contributed by atoms with Gasteiger partial charge in [0.2, 0.25) is 5.91 Å². The molecule has 2 heterocycles. The van der Waals surface area contributed by atoms with Crippen LogP contribution >= 0.6 is 0 Å². The van der Waals surface area contributed by atoms with Crippen LogP contribution in [0.2, 0.25) is 0 Å². The van der Waals surface area contributed by atoms with Gasteiger partial charge in [0.15, 0.2) is 0 Å². The van der Waals surface area contributed by atoms with Crippen molar-refractivity contribution >= 4 is 12.0 Å². The Morgan fingerprint density at radius 2 is 1.56 bits per heavy atom. The molecular weight excluding hydrogens is 659 g/mol. The van der Waals surface area contributed by atoms with Gasteiger partial charge in [0.1, 0.15) is 30.0 Å². The Morgan fingerprint density at radius 3 is 2.25 bits per heavy atom. The maximum absolute atomic E-state index is 14.7.